The van der Waals surface area contributed by atoms with E-state index < -0.39 is 22.0 Å². The maximum Gasteiger partial charge on any atom is 0.253 e. The topological polar surface area (TPSA) is 114 Å². The number of halogens is 1. The van der Waals surface area contributed by atoms with E-state index in [0.29, 0.717) is 17.0 Å². The predicted molar refractivity (Wildman–Crippen MR) is 123 cm³/mol. The van der Waals surface area contributed by atoms with Crippen LogP contribution in [0.2, 0.25) is 5.02 Å². The van der Waals surface area contributed by atoms with Gasteiger partial charge in [0.25, 0.3) is 5.91 Å². The Morgan fingerprint density at radius 3 is 2.28 bits per heavy atom. The summed E-state index contributed by atoms with van der Waals surface area (Å²) in [4.78, 5) is 25.1. The quantitative estimate of drug-likeness (QED) is 0.511. The summed E-state index contributed by atoms with van der Waals surface area (Å²) in [6, 6.07) is 9.59. The van der Waals surface area contributed by atoms with Gasteiger partial charge in [0.1, 0.15) is 11.8 Å². The average Bonchev–Trinajstić information content (AvgIpc) is 3.55. The Morgan fingerprint density at radius 2 is 1.75 bits per heavy atom. The van der Waals surface area contributed by atoms with Gasteiger partial charge >= 0.3 is 0 Å². The van der Waals surface area contributed by atoms with Crippen LogP contribution in [0.5, 0.6) is 5.75 Å². The monoisotopic (exact) mass is 479 g/mol. The molecule has 3 rings (SSSR count). The fourth-order valence-electron chi connectivity index (χ4n) is 2.97. The minimum absolute atomic E-state index is 0.0193. The molecule has 172 valence electrons. The van der Waals surface area contributed by atoms with E-state index in [2.05, 4.69) is 15.4 Å². The first-order valence-electron chi connectivity index (χ1n) is 10.2. The van der Waals surface area contributed by atoms with Gasteiger partial charge in [0.15, 0.2) is 0 Å². The molecule has 0 aliphatic heterocycles. The fourth-order valence-corrected chi connectivity index (χ4v) is 4.58. The molecular weight excluding hydrogens is 454 g/mol. The molecule has 1 fully saturated rings. The third-order valence-electron chi connectivity index (χ3n) is 4.99. The van der Waals surface area contributed by atoms with E-state index in [1.807, 2.05) is 0 Å². The summed E-state index contributed by atoms with van der Waals surface area (Å²) >= 11 is 6.23. The number of nitrogens with one attached hydrogen (secondary N) is 3. The Hall–Kier alpha value is -2.62. The van der Waals surface area contributed by atoms with E-state index in [1.54, 1.807) is 19.9 Å². The molecule has 3 N–H and O–H groups in total. The van der Waals surface area contributed by atoms with Crippen LogP contribution in [0.15, 0.2) is 47.4 Å². The zero-order chi connectivity index (χ0) is 23.5. The van der Waals surface area contributed by atoms with Crippen molar-refractivity contribution in [3.8, 4) is 5.75 Å². The number of carbonyl (C=O) groups is 2. The van der Waals surface area contributed by atoms with Crippen LogP contribution >= 0.6 is 11.6 Å². The van der Waals surface area contributed by atoms with Crippen LogP contribution in [0.1, 0.15) is 37.0 Å². The van der Waals surface area contributed by atoms with Crippen LogP contribution in [0.25, 0.3) is 0 Å². The standard InChI is InChI=1S/C22H26ClN3O5S/c1-13(2)20(26-32(29,30)17-9-7-16(31-3)8-10-17)22(28)25-15-6-11-18(19(23)12-15)21(27)24-14-4-5-14/h6-14,20,26H,4-5H2,1-3H3,(H,24,27)(H,25,28)/t20-/m0/s1. The zero-order valence-electron chi connectivity index (χ0n) is 18.0. The van der Waals surface area contributed by atoms with Crippen LogP contribution in [-0.4, -0.2) is 39.4 Å². The van der Waals surface area contributed by atoms with Gasteiger partial charge in [-0.2, -0.15) is 4.72 Å². The van der Waals surface area contributed by atoms with Crippen molar-refractivity contribution in [2.45, 2.75) is 43.7 Å². The summed E-state index contributed by atoms with van der Waals surface area (Å²) in [5.41, 5.74) is 0.675. The van der Waals surface area contributed by atoms with Gasteiger partial charge in [-0.05, 0) is 61.2 Å². The molecule has 32 heavy (non-hydrogen) atoms. The highest BCUT2D eigenvalue weighted by molar-refractivity contribution is 7.89. The third-order valence-corrected chi connectivity index (χ3v) is 6.76. The van der Waals surface area contributed by atoms with Crippen molar-refractivity contribution in [2.24, 2.45) is 5.92 Å². The molecule has 0 spiro atoms. The van der Waals surface area contributed by atoms with E-state index in [0.717, 1.165) is 12.8 Å². The Labute approximate surface area is 192 Å². The molecule has 0 bridgehead atoms. The van der Waals surface area contributed by atoms with Crippen LogP contribution in [0.3, 0.4) is 0 Å². The smallest absolute Gasteiger partial charge is 0.253 e. The molecule has 0 heterocycles. The van der Waals surface area contributed by atoms with Crippen molar-refractivity contribution in [2.75, 3.05) is 12.4 Å². The van der Waals surface area contributed by atoms with Gasteiger partial charge in [0.2, 0.25) is 15.9 Å². The molecule has 2 aromatic rings. The van der Waals surface area contributed by atoms with Gasteiger partial charge in [-0.25, -0.2) is 8.42 Å². The molecular formula is C22H26ClN3O5S. The van der Waals surface area contributed by atoms with Gasteiger partial charge in [-0.3, -0.25) is 9.59 Å². The molecule has 1 saturated carbocycles. The molecule has 10 heteroatoms. The molecule has 1 aliphatic carbocycles. The highest BCUT2D eigenvalue weighted by atomic mass is 35.5. The lowest BCUT2D eigenvalue weighted by atomic mass is 10.0. The number of hydrogen-bond donors (Lipinski definition) is 3. The number of anilines is 1. The highest BCUT2D eigenvalue weighted by Gasteiger charge is 2.29. The minimum atomic E-state index is -3.94. The highest BCUT2D eigenvalue weighted by Crippen LogP contribution is 2.24. The molecule has 0 unspecified atom stereocenters. The molecule has 2 amide bonds. The number of amides is 2. The average molecular weight is 480 g/mol. The molecule has 1 aliphatic rings. The van der Waals surface area contributed by atoms with Crippen molar-refractivity contribution < 1.29 is 22.7 Å². The number of carbonyl (C=O) groups excluding carboxylic acids is 2. The number of ether oxygens (including phenoxy) is 1. The maximum atomic E-state index is 12.9. The molecule has 2 aromatic carbocycles. The van der Waals surface area contributed by atoms with E-state index >= 15 is 0 Å². The van der Waals surface area contributed by atoms with Crippen molar-refractivity contribution >= 4 is 39.1 Å². The molecule has 0 saturated heterocycles. The zero-order valence-corrected chi connectivity index (χ0v) is 19.6. The van der Waals surface area contributed by atoms with Crippen LogP contribution in [0, 0.1) is 5.92 Å². The minimum Gasteiger partial charge on any atom is -0.497 e. The Morgan fingerprint density at radius 1 is 1.09 bits per heavy atom. The largest absolute Gasteiger partial charge is 0.497 e. The van der Waals surface area contributed by atoms with Crippen LogP contribution in [0.4, 0.5) is 5.69 Å². The third kappa shape index (κ3) is 5.99. The lowest BCUT2D eigenvalue weighted by Gasteiger charge is -2.22. The summed E-state index contributed by atoms with van der Waals surface area (Å²) in [5.74, 6) is -0.610. The lowest BCUT2D eigenvalue weighted by Crippen LogP contribution is -2.47. The molecule has 0 radical (unpaired) electrons. The van der Waals surface area contributed by atoms with Crippen molar-refractivity contribution in [3.63, 3.8) is 0 Å². The maximum absolute atomic E-state index is 12.9. The summed E-state index contributed by atoms with van der Waals surface area (Å²) < 4.78 is 33.1. The van der Waals surface area contributed by atoms with Gasteiger partial charge < -0.3 is 15.4 Å². The fraction of sp³-hybridized carbons (Fsp3) is 0.364. The Kier molecular flexibility index (Phi) is 7.43. The summed E-state index contributed by atoms with van der Waals surface area (Å²) in [7, 11) is -2.46. The van der Waals surface area contributed by atoms with Crippen molar-refractivity contribution in [1.82, 2.24) is 10.0 Å². The normalized spacial score (nSPS) is 14.7. The van der Waals surface area contributed by atoms with Crippen LogP contribution in [-0.2, 0) is 14.8 Å². The van der Waals surface area contributed by atoms with E-state index in [1.165, 1.54) is 43.5 Å². The predicted octanol–water partition coefficient (Wildman–Crippen LogP) is 3.18. The van der Waals surface area contributed by atoms with Gasteiger partial charge in [-0.15, -0.1) is 0 Å². The Balaban J connectivity index is 1.71. The number of methoxy groups -OCH3 is 1. The number of rotatable bonds is 9. The second-order valence-corrected chi connectivity index (χ2v) is 10.1. The second-order valence-electron chi connectivity index (χ2n) is 7.95. The number of sulfonamides is 1. The van der Waals surface area contributed by atoms with Crippen molar-refractivity contribution in [1.29, 1.82) is 0 Å². The molecule has 0 aromatic heterocycles. The second kappa shape index (κ2) is 9.89. The lowest BCUT2D eigenvalue weighted by molar-refractivity contribution is -0.118. The summed E-state index contributed by atoms with van der Waals surface area (Å²) in [6.45, 7) is 3.47. The van der Waals surface area contributed by atoms with Gasteiger partial charge in [0.05, 0.1) is 22.6 Å². The number of hydrogen-bond acceptors (Lipinski definition) is 5. The Bertz CT molecular complexity index is 1100. The van der Waals surface area contributed by atoms with Crippen LogP contribution < -0.4 is 20.1 Å². The molecule has 1 atom stereocenters. The van der Waals surface area contributed by atoms with Gasteiger partial charge in [0, 0.05) is 11.7 Å². The first kappa shape index (κ1) is 24.0. The first-order chi connectivity index (χ1) is 15.1. The first-order valence-corrected chi connectivity index (χ1v) is 12.0. The van der Waals surface area contributed by atoms with E-state index in [-0.39, 0.29) is 27.8 Å². The van der Waals surface area contributed by atoms with E-state index in [9.17, 15) is 18.0 Å². The van der Waals surface area contributed by atoms with Gasteiger partial charge in [-0.1, -0.05) is 25.4 Å². The molecule has 8 nitrogen and oxygen atoms in total. The van der Waals surface area contributed by atoms with Crippen molar-refractivity contribution in [3.05, 3.63) is 53.1 Å². The number of benzene rings is 2. The summed E-state index contributed by atoms with van der Waals surface area (Å²) in [6.07, 6.45) is 1.92. The SMILES string of the molecule is COc1ccc(S(=O)(=O)N[C@H](C(=O)Nc2ccc(C(=O)NC3CC3)c(Cl)c2)C(C)C)cc1. The van der Waals surface area contributed by atoms with E-state index in [4.69, 9.17) is 16.3 Å². The summed E-state index contributed by atoms with van der Waals surface area (Å²) in [5, 5.41) is 5.73.